The van der Waals surface area contributed by atoms with Gasteiger partial charge in [-0.05, 0) is 6.42 Å². The molecule has 0 spiro atoms. The minimum Gasteiger partial charge on any atom is -0.481 e. The Morgan fingerprint density at radius 3 is 2.14 bits per heavy atom. The van der Waals surface area contributed by atoms with Crippen LogP contribution in [0.2, 0.25) is 0 Å². The van der Waals surface area contributed by atoms with E-state index < -0.39 is 5.97 Å². The van der Waals surface area contributed by atoms with Crippen molar-refractivity contribution in [1.29, 1.82) is 0 Å². The Bertz CT molecular complexity index is 53.7. The molecular weight excluding hydrogens is 171 g/mol. The normalized spacial score (nSPS) is 7.00. The molecular formula is C4H8O2Zr. The minimum atomic E-state index is -0.711. The second kappa shape index (κ2) is 6.35. The van der Waals surface area contributed by atoms with Crippen LogP contribution < -0.4 is 0 Å². The average molecular weight is 179 g/mol. The van der Waals surface area contributed by atoms with E-state index in [2.05, 4.69) is 0 Å². The van der Waals surface area contributed by atoms with Gasteiger partial charge in [0.2, 0.25) is 0 Å². The van der Waals surface area contributed by atoms with Gasteiger partial charge in [0.25, 0.3) is 0 Å². The zero-order valence-corrected chi connectivity index (χ0v) is 6.73. The molecule has 0 aromatic rings. The van der Waals surface area contributed by atoms with E-state index in [-0.39, 0.29) is 26.2 Å². The fourth-order valence-electron chi connectivity index (χ4n) is 0.214. The van der Waals surface area contributed by atoms with Gasteiger partial charge in [0.05, 0.1) is 0 Å². The van der Waals surface area contributed by atoms with Crippen molar-refractivity contribution in [2.45, 2.75) is 19.8 Å². The molecule has 0 aliphatic heterocycles. The summed E-state index contributed by atoms with van der Waals surface area (Å²) >= 11 is 0. The molecule has 0 aliphatic carbocycles. The second-order valence-electron chi connectivity index (χ2n) is 1.14. The number of hydrogen-bond donors (Lipinski definition) is 1. The van der Waals surface area contributed by atoms with Crippen molar-refractivity contribution in [3.8, 4) is 0 Å². The Kier molecular flexibility index (Phi) is 9.40. The number of carboxylic acid groups (broad SMARTS) is 1. The van der Waals surface area contributed by atoms with Crippen molar-refractivity contribution >= 4 is 5.97 Å². The molecule has 0 fully saturated rings. The summed E-state index contributed by atoms with van der Waals surface area (Å²) in [6.07, 6.45) is 1.02. The Balaban J connectivity index is 0. The Morgan fingerprint density at radius 1 is 1.71 bits per heavy atom. The van der Waals surface area contributed by atoms with E-state index in [0.29, 0.717) is 6.42 Å². The van der Waals surface area contributed by atoms with Crippen LogP contribution in [0.15, 0.2) is 0 Å². The van der Waals surface area contributed by atoms with Crippen molar-refractivity contribution < 1.29 is 36.1 Å². The van der Waals surface area contributed by atoms with Gasteiger partial charge in [-0.1, -0.05) is 6.92 Å². The molecule has 3 heteroatoms. The van der Waals surface area contributed by atoms with E-state index >= 15 is 0 Å². The molecule has 0 bridgehead atoms. The largest absolute Gasteiger partial charge is 0.481 e. The SMILES string of the molecule is CCCC(=O)O.[Zr]. The third-order valence-electron chi connectivity index (χ3n) is 0.464. The molecule has 0 aliphatic rings. The summed E-state index contributed by atoms with van der Waals surface area (Å²) in [7, 11) is 0. The Morgan fingerprint density at radius 2 is 2.14 bits per heavy atom. The smallest absolute Gasteiger partial charge is 0.303 e. The molecule has 40 valence electrons. The first-order valence-corrected chi connectivity index (χ1v) is 1.99. The predicted molar refractivity (Wildman–Crippen MR) is 22.5 cm³/mol. The van der Waals surface area contributed by atoms with Crippen molar-refractivity contribution in [3.63, 3.8) is 0 Å². The predicted octanol–water partition coefficient (Wildman–Crippen LogP) is 0.869. The third kappa shape index (κ3) is 10.7. The fourth-order valence-corrected chi connectivity index (χ4v) is 0.214. The molecule has 0 rings (SSSR count). The first kappa shape index (κ1) is 10.4. The molecule has 0 aromatic heterocycles. The summed E-state index contributed by atoms with van der Waals surface area (Å²) in [6.45, 7) is 1.84. The first-order chi connectivity index (χ1) is 2.77. The van der Waals surface area contributed by atoms with Gasteiger partial charge in [-0.25, -0.2) is 0 Å². The molecule has 0 aromatic carbocycles. The molecule has 0 amide bonds. The van der Waals surface area contributed by atoms with Gasteiger partial charge in [0.1, 0.15) is 0 Å². The summed E-state index contributed by atoms with van der Waals surface area (Å²) in [5.74, 6) is -0.711. The number of carboxylic acids is 1. The van der Waals surface area contributed by atoms with E-state index in [1.54, 1.807) is 0 Å². The van der Waals surface area contributed by atoms with Crippen LogP contribution in [0.1, 0.15) is 19.8 Å². The van der Waals surface area contributed by atoms with Crippen LogP contribution in [0.25, 0.3) is 0 Å². The zero-order valence-electron chi connectivity index (χ0n) is 4.27. The number of hydrogen-bond acceptors (Lipinski definition) is 1. The second-order valence-corrected chi connectivity index (χ2v) is 1.14. The molecule has 0 heterocycles. The van der Waals surface area contributed by atoms with Crippen LogP contribution in [0.3, 0.4) is 0 Å². The van der Waals surface area contributed by atoms with E-state index in [4.69, 9.17) is 5.11 Å². The first-order valence-electron chi connectivity index (χ1n) is 1.99. The monoisotopic (exact) mass is 178 g/mol. The standard InChI is InChI=1S/C4H8O2.Zr/c1-2-3-4(5)6;/h2-3H2,1H3,(H,5,6);. The van der Waals surface area contributed by atoms with Gasteiger partial charge < -0.3 is 5.11 Å². The Hall–Kier alpha value is 0.353. The summed E-state index contributed by atoms with van der Waals surface area (Å²) in [6, 6.07) is 0. The molecule has 0 saturated carbocycles. The molecule has 0 atom stereocenters. The average Bonchev–Trinajstić information content (AvgIpc) is 1.35. The molecule has 0 unspecified atom stereocenters. The third-order valence-corrected chi connectivity index (χ3v) is 0.464. The van der Waals surface area contributed by atoms with Crippen molar-refractivity contribution in [1.82, 2.24) is 0 Å². The van der Waals surface area contributed by atoms with Gasteiger partial charge in [0, 0.05) is 32.6 Å². The summed E-state index contributed by atoms with van der Waals surface area (Å²) in [5.41, 5.74) is 0. The van der Waals surface area contributed by atoms with Gasteiger partial charge >= 0.3 is 5.97 Å². The van der Waals surface area contributed by atoms with Crippen molar-refractivity contribution in [2.24, 2.45) is 0 Å². The van der Waals surface area contributed by atoms with Gasteiger partial charge in [0.15, 0.2) is 0 Å². The zero-order chi connectivity index (χ0) is 4.99. The topological polar surface area (TPSA) is 37.3 Å². The van der Waals surface area contributed by atoms with Crippen LogP contribution in [0, 0.1) is 0 Å². The van der Waals surface area contributed by atoms with Crippen LogP contribution in [0.4, 0.5) is 0 Å². The van der Waals surface area contributed by atoms with Crippen LogP contribution in [-0.4, -0.2) is 11.1 Å². The number of rotatable bonds is 2. The van der Waals surface area contributed by atoms with E-state index in [1.165, 1.54) is 0 Å². The van der Waals surface area contributed by atoms with E-state index in [9.17, 15) is 4.79 Å². The van der Waals surface area contributed by atoms with Crippen LogP contribution in [-0.2, 0) is 31.0 Å². The van der Waals surface area contributed by atoms with Crippen LogP contribution >= 0.6 is 0 Å². The summed E-state index contributed by atoms with van der Waals surface area (Å²) in [4.78, 5) is 9.60. The maximum atomic E-state index is 9.60. The molecule has 0 saturated heterocycles. The van der Waals surface area contributed by atoms with Crippen LogP contribution in [0.5, 0.6) is 0 Å². The maximum Gasteiger partial charge on any atom is 0.303 e. The Labute approximate surface area is 62.0 Å². The molecule has 1 N–H and O–H groups in total. The van der Waals surface area contributed by atoms with E-state index in [1.807, 2.05) is 6.92 Å². The van der Waals surface area contributed by atoms with Gasteiger partial charge in [-0.15, -0.1) is 0 Å². The van der Waals surface area contributed by atoms with Crippen molar-refractivity contribution in [2.75, 3.05) is 0 Å². The minimum absolute atomic E-state index is 0. The summed E-state index contributed by atoms with van der Waals surface area (Å²) in [5, 5.41) is 7.91. The van der Waals surface area contributed by atoms with Gasteiger partial charge in [-0.2, -0.15) is 0 Å². The maximum absolute atomic E-state index is 9.60. The molecule has 0 radical (unpaired) electrons. The van der Waals surface area contributed by atoms with Gasteiger partial charge in [-0.3, -0.25) is 4.79 Å². The number of aliphatic carboxylic acids is 1. The molecule has 2 nitrogen and oxygen atoms in total. The summed E-state index contributed by atoms with van der Waals surface area (Å²) < 4.78 is 0. The quantitative estimate of drug-likeness (QED) is 0.683. The fraction of sp³-hybridized carbons (Fsp3) is 0.750. The molecule has 7 heavy (non-hydrogen) atoms. The van der Waals surface area contributed by atoms with E-state index in [0.717, 1.165) is 6.42 Å². The van der Waals surface area contributed by atoms with Crippen molar-refractivity contribution in [3.05, 3.63) is 0 Å². The number of carbonyl (C=O) groups is 1.